The maximum atomic E-state index is 3.93. The number of rotatable bonds is 1. The van der Waals surface area contributed by atoms with Gasteiger partial charge in [-0.25, -0.2) is 0 Å². The van der Waals surface area contributed by atoms with Crippen LogP contribution in [0.2, 0.25) is 0 Å². The van der Waals surface area contributed by atoms with E-state index in [2.05, 4.69) is 30.4 Å². The molecule has 0 fully saturated rings. The lowest BCUT2D eigenvalue weighted by Gasteiger charge is -2.14. The van der Waals surface area contributed by atoms with E-state index in [4.69, 9.17) is 0 Å². The van der Waals surface area contributed by atoms with Crippen molar-refractivity contribution in [3.8, 4) is 0 Å². The fourth-order valence-corrected chi connectivity index (χ4v) is 1.92. The molecule has 0 aliphatic carbocycles. The second-order valence-electron chi connectivity index (χ2n) is 2.96. The van der Waals surface area contributed by atoms with Crippen molar-refractivity contribution in [2.75, 3.05) is 0 Å². The van der Waals surface area contributed by atoms with Gasteiger partial charge in [-0.05, 0) is 11.5 Å². The summed E-state index contributed by atoms with van der Waals surface area (Å²) in [4.78, 5) is 0. The first-order valence-electron chi connectivity index (χ1n) is 3.04. The van der Waals surface area contributed by atoms with Crippen LogP contribution in [0, 0.1) is 0 Å². The minimum Gasteiger partial charge on any atom is -0.132 e. The van der Waals surface area contributed by atoms with Crippen molar-refractivity contribution in [2.24, 2.45) is 0 Å². The van der Waals surface area contributed by atoms with Crippen LogP contribution < -0.4 is 0 Å². The number of nitrogens with zero attached hydrogens (tertiary/aromatic N) is 2. The van der Waals surface area contributed by atoms with Crippen molar-refractivity contribution in [2.45, 2.75) is 30.5 Å². The smallest absolute Gasteiger partial charge is 0.132 e. The summed E-state index contributed by atoms with van der Waals surface area (Å²) in [6, 6.07) is 0. The number of thioether (sulfide) groups is 1. The molecule has 0 atom stereocenters. The molecule has 0 amide bonds. The van der Waals surface area contributed by atoms with E-state index in [0.29, 0.717) is 0 Å². The van der Waals surface area contributed by atoms with E-state index in [1.807, 2.05) is 5.38 Å². The molecular weight excluding hydrogens is 164 g/mol. The molecular formula is C6H10N2S2. The summed E-state index contributed by atoms with van der Waals surface area (Å²) in [5.74, 6) is 0. The van der Waals surface area contributed by atoms with Crippen LogP contribution in [0.1, 0.15) is 20.8 Å². The molecule has 10 heavy (non-hydrogen) atoms. The van der Waals surface area contributed by atoms with E-state index in [9.17, 15) is 0 Å². The van der Waals surface area contributed by atoms with E-state index in [1.165, 1.54) is 11.5 Å². The predicted octanol–water partition coefficient (Wildman–Crippen LogP) is 2.43. The largest absolute Gasteiger partial charge is 0.132 e. The molecule has 1 heterocycles. The third kappa shape index (κ3) is 2.66. The number of hydrogen-bond donors (Lipinski definition) is 0. The molecule has 0 spiro atoms. The van der Waals surface area contributed by atoms with Crippen molar-refractivity contribution >= 4 is 23.3 Å². The summed E-state index contributed by atoms with van der Waals surface area (Å²) < 4.78 is 4.02. The van der Waals surface area contributed by atoms with E-state index in [0.717, 1.165) is 5.03 Å². The Kier molecular flexibility index (Phi) is 2.31. The minimum atomic E-state index is 0.246. The Labute approximate surface area is 69.2 Å². The monoisotopic (exact) mass is 174 g/mol. The van der Waals surface area contributed by atoms with Crippen molar-refractivity contribution in [1.82, 2.24) is 9.59 Å². The van der Waals surface area contributed by atoms with Gasteiger partial charge in [-0.1, -0.05) is 37.0 Å². The molecule has 4 heteroatoms. The Morgan fingerprint density at radius 3 is 2.60 bits per heavy atom. The first-order valence-corrected chi connectivity index (χ1v) is 4.69. The van der Waals surface area contributed by atoms with Gasteiger partial charge in [0.25, 0.3) is 0 Å². The van der Waals surface area contributed by atoms with Crippen molar-refractivity contribution < 1.29 is 0 Å². The molecule has 0 unspecified atom stereocenters. The van der Waals surface area contributed by atoms with Gasteiger partial charge in [0.1, 0.15) is 5.03 Å². The van der Waals surface area contributed by atoms with Crippen LogP contribution in [0.3, 0.4) is 0 Å². The fraction of sp³-hybridized carbons (Fsp3) is 0.667. The molecule has 0 saturated heterocycles. The van der Waals surface area contributed by atoms with Crippen LogP contribution in [-0.2, 0) is 0 Å². The SMILES string of the molecule is CC(C)(C)Sc1csnn1. The van der Waals surface area contributed by atoms with Gasteiger partial charge in [-0.2, -0.15) is 0 Å². The Morgan fingerprint density at radius 2 is 2.20 bits per heavy atom. The van der Waals surface area contributed by atoms with Crippen molar-refractivity contribution in [3.05, 3.63) is 5.38 Å². The lowest BCUT2D eigenvalue weighted by Crippen LogP contribution is -2.06. The van der Waals surface area contributed by atoms with Crippen LogP contribution in [0.25, 0.3) is 0 Å². The van der Waals surface area contributed by atoms with E-state index in [1.54, 1.807) is 11.8 Å². The molecule has 0 N–H and O–H groups in total. The average Bonchev–Trinajstić information content (AvgIpc) is 2.12. The zero-order chi connectivity index (χ0) is 7.61. The van der Waals surface area contributed by atoms with Gasteiger partial charge in [0.15, 0.2) is 0 Å². The summed E-state index contributed by atoms with van der Waals surface area (Å²) in [7, 11) is 0. The van der Waals surface area contributed by atoms with Gasteiger partial charge in [0.2, 0.25) is 0 Å². The lowest BCUT2D eigenvalue weighted by atomic mass is 10.3. The van der Waals surface area contributed by atoms with Crippen LogP contribution >= 0.6 is 23.3 Å². The average molecular weight is 174 g/mol. The summed E-state index contributed by atoms with van der Waals surface area (Å²) in [5, 5.41) is 6.93. The highest BCUT2D eigenvalue weighted by atomic mass is 32.2. The number of hydrogen-bond acceptors (Lipinski definition) is 4. The Hall–Kier alpha value is -0.0900. The summed E-state index contributed by atoms with van der Waals surface area (Å²) in [6.45, 7) is 6.49. The van der Waals surface area contributed by atoms with Gasteiger partial charge in [-0.3, -0.25) is 0 Å². The maximum Gasteiger partial charge on any atom is 0.132 e. The molecule has 0 aromatic carbocycles. The van der Waals surface area contributed by atoms with Gasteiger partial charge in [0, 0.05) is 10.1 Å². The van der Waals surface area contributed by atoms with Crippen LogP contribution in [-0.4, -0.2) is 14.3 Å². The highest BCUT2D eigenvalue weighted by molar-refractivity contribution is 8.00. The molecule has 0 radical (unpaired) electrons. The second kappa shape index (κ2) is 2.88. The quantitative estimate of drug-likeness (QED) is 0.611. The van der Waals surface area contributed by atoms with Crippen LogP contribution in [0.4, 0.5) is 0 Å². The normalized spacial score (nSPS) is 11.9. The van der Waals surface area contributed by atoms with Gasteiger partial charge >= 0.3 is 0 Å². The minimum absolute atomic E-state index is 0.246. The molecule has 2 nitrogen and oxygen atoms in total. The van der Waals surface area contributed by atoms with Crippen molar-refractivity contribution in [1.29, 1.82) is 0 Å². The molecule has 1 aromatic rings. The summed E-state index contributed by atoms with van der Waals surface area (Å²) in [5.41, 5.74) is 0. The molecule has 56 valence electrons. The Morgan fingerprint density at radius 1 is 1.50 bits per heavy atom. The zero-order valence-electron chi connectivity index (χ0n) is 6.29. The number of aromatic nitrogens is 2. The summed E-state index contributed by atoms with van der Waals surface area (Å²) in [6.07, 6.45) is 0. The first kappa shape index (κ1) is 8.01. The lowest BCUT2D eigenvalue weighted by molar-refractivity contribution is 0.798. The molecule has 0 aliphatic rings. The predicted molar refractivity (Wildman–Crippen MR) is 45.5 cm³/mol. The maximum absolute atomic E-state index is 3.93. The van der Waals surface area contributed by atoms with E-state index >= 15 is 0 Å². The summed E-state index contributed by atoms with van der Waals surface area (Å²) >= 11 is 3.14. The Balaban J connectivity index is 2.57. The molecule has 0 saturated carbocycles. The second-order valence-corrected chi connectivity index (χ2v) is 5.41. The van der Waals surface area contributed by atoms with Crippen LogP contribution in [0.15, 0.2) is 10.4 Å². The van der Waals surface area contributed by atoms with E-state index < -0.39 is 0 Å². The van der Waals surface area contributed by atoms with E-state index in [-0.39, 0.29) is 4.75 Å². The van der Waals surface area contributed by atoms with Crippen molar-refractivity contribution in [3.63, 3.8) is 0 Å². The molecule has 1 rings (SSSR count). The molecule has 0 aliphatic heterocycles. The zero-order valence-corrected chi connectivity index (χ0v) is 7.92. The molecule has 0 bridgehead atoms. The van der Waals surface area contributed by atoms with Gasteiger partial charge in [-0.15, -0.1) is 5.10 Å². The van der Waals surface area contributed by atoms with Gasteiger partial charge < -0.3 is 0 Å². The highest BCUT2D eigenvalue weighted by Crippen LogP contribution is 2.30. The third-order valence-electron chi connectivity index (χ3n) is 0.751. The first-order chi connectivity index (χ1) is 4.58. The fourth-order valence-electron chi connectivity index (χ4n) is 0.514. The molecule has 1 aromatic heterocycles. The highest BCUT2D eigenvalue weighted by Gasteiger charge is 2.13. The Bertz CT molecular complexity index is 188. The topological polar surface area (TPSA) is 25.8 Å². The third-order valence-corrected chi connectivity index (χ3v) is 2.43. The standard InChI is InChI=1S/C6H10N2S2/c1-6(2,3)10-5-4-9-8-7-5/h4H,1-3H3. The van der Waals surface area contributed by atoms with Gasteiger partial charge in [0.05, 0.1) is 0 Å². The van der Waals surface area contributed by atoms with Crippen LogP contribution in [0.5, 0.6) is 0 Å².